The highest BCUT2D eigenvalue weighted by Crippen LogP contribution is 2.29. The van der Waals surface area contributed by atoms with Crippen molar-refractivity contribution in [3.8, 4) is 11.3 Å². The highest BCUT2D eigenvalue weighted by atomic mass is 35.5. The van der Waals surface area contributed by atoms with Gasteiger partial charge >= 0.3 is 6.03 Å². The molecule has 0 aliphatic heterocycles. The Balaban J connectivity index is 1.75. The summed E-state index contributed by atoms with van der Waals surface area (Å²) in [6.45, 7) is 3.37. The summed E-state index contributed by atoms with van der Waals surface area (Å²) in [5.41, 5.74) is 9.04. The largest absolute Gasteiger partial charge is 0.409 e. The number of hydrogen-bond donors (Lipinski definition) is 4. The molecule has 0 aliphatic rings. The van der Waals surface area contributed by atoms with Gasteiger partial charge in [-0.05, 0) is 36.2 Å². The van der Waals surface area contributed by atoms with Crippen LogP contribution in [0.15, 0.2) is 90.1 Å². The molecule has 0 radical (unpaired) electrons. The monoisotopic (exact) mass is 546 g/mol. The lowest BCUT2D eigenvalue weighted by atomic mass is 10.0. The van der Waals surface area contributed by atoms with Crippen LogP contribution in [0.25, 0.3) is 11.3 Å². The summed E-state index contributed by atoms with van der Waals surface area (Å²) in [4.78, 5) is 19.9. The van der Waals surface area contributed by atoms with Gasteiger partial charge in [0.15, 0.2) is 5.84 Å². The predicted octanol–water partition coefficient (Wildman–Crippen LogP) is 6.70. The average molecular weight is 547 g/mol. The Morgan fingerprint density at radius 3 is 2.51 bits per heavy atom. The predicted molar refractivity (Wildman–Crippen MR) is 154 cm³/mol. The van der Waals surface area contributed by atoms with Crippen LogP contribution in [0.2, 0.25) is 5.02 Å². The summed E-state index contributed by atoms with van der Waals surface area (Å²) in [7, 11) is 0. The molecule has 39 heavy (non-hydrogen) atoms. The Kier molecular flexibility index (Phi) is 8.96. The first-order chi connectivity index (χ1) is 18.9. The van der Waals surface area contributed by atoms with Crippen LogP contribution >= 0.6 is 11.6 Å². The Labute approximate surface area is 230 Å². The number of oxime groups is 1. The number of nitrogens with two attached hydrogens (primary N) is 1. The minimum Gasteiger partial charge on any atom is -0.409 e. The first-order valence-electron chi connectivity index (χ1n) is 12.3. The van der Waals surface area contributed by atoms with E-state index in [1.807, 2.05) is 36.4 Å². The molecule has 10 heteroatoms. The van der Waals surface area contributed by atoms with E-state index >= 15 is 0 Å². The first-order valence-corrected chi connectivity index (χ1v) is 12.7. The van der Waals surface area contributed by atoms with Gasteiger partial charge in [0, 0.05) is 41.0 Å². The standard InChI is InChI=1S/C29H28ClFN6O2/c1-2-14-37(18-19-8-4-3-5-9-19)27-17-21(33-29(38)35-25-13-12-20(30)15-24(25)31)16-26(34-27)22-10-6-7-11-23(22)28(32)36-39/h3-13,15-17,39H,2,14,18H2,1H3,(H2,32,36)(H2,33,34,35,38). The van der Waals surface area contributed by atoms with Crippen molar-refractivity contribution in [2.75, 3.05) is 22.1 Å². The van der Waals surface area contributed by atoms with Crippen LogP contribution < -0.4 is 21.3 Å². The van der Waals surface area contributed by atoms with Gasteiger partial charge in [0.1, 0.15) is 11.6 Å². The lowest BCUT2D eigenvalue weighted by Gasteiger charge is -2.25. The second-order valence-corrected chi connectivity index (χ2v) is 9.18. The minimum absolute atomic E-state index is 0.0135. The molecule has 0 unspecified atom stereocenters. The fourth-order valence-electron chi connectivity index (χ4n) is 4.10. The number of amides is 2. The summed E-state index contributed by atoms with van der Waals surface area (Å²) in [6, 6.07) is 23.9. The molecule has 4 rings (SSSR count). The van der Waals surface area contributed by atoms with Gasteiger partial charge in [-0.2, -0.15) is 0 Å². The van der Waals surface area contributed by atoms with Crippen LogP contribution in [0.4, 0.5) is 26.4 Å². The first kappa shape index (κ1) is 27.4. The molecule has 0 atom stereocenters. The number of amidine groups is 1. The molecule has 0 saturated carbocycles. The van der Waals surface area contributed by atoms with Crippen molar-refractivity contribution in [3.63, 3.8) is 0 Å². The Morgan fingerprint density at radius 1 is 1.05 bits per heavy atom. The molecule has 0 saturated heterocycles. The van der Waals surface area contributed by atoms with Crippen molar-refractivity contribution in [2.45, 2.75) is 19.9 Å². The lowest BCUT2D eigenvalue weighted by molar-refractivity contribution is 0.262. The maximum atomic E-state index is 14.3. The van der Waals surface area contributed by atoms with E-state index in [9.17, 15) is 14.4 Å². The lowest BCUT2D eigenvalue weighted by Crippen LogP contribution is -2.25. The molecule has 1 heterocycles. The van der Waals surface area contributed by atoms with Crippen molar-refractivity contribution in [3.05, 3.63) is 107 Å². The molecule has 3 aromatic carbocycles. The van der Waals surface area contributed by atoms with Crippen molar-refractivity contribution in [2.24, 2.45) is 10.9 Å². The van der Waals surface area contributed by atoms with Crippen molar-refractivity contribution in [1.29, 1.82) is 0 Å². The molecule has 0 fully saturated rings. The highest BCUT2D eigenvalue weighted by molar-refractivity contribution is 6.30. The zero-order valence-corrected chi connectivity index (χ0v) is 22.0. The molecule has 0 aliphatic carbocycles. The Bertz CT molecular complexity index is 1480. The van der Waals surface area contributed by atoms with Crippen LogP contribution in [0.3, 0.4) is 0 Å². The molecule has 2 amide bonds. The number of carbonyl (C=O) groups excluding carboxylic acids is 1. The zero-order valence-electron chi connectivity index (χ0n) is 21.2. The number of aromatic nitrogens is 1. The normalized spacial score (nSPS) is 11.2. The van der Waals surface area contributed by atoms with E-state index < -0.39 is 11.8 Å². The van der Waals surface area contributed by atoms with Crippen molar-refractivity contribution in [1.82, 2.24) is 4.98 Å². The SMILES string of the molecule is CCCN(Cc1ccccc1)c1cc(NC(=O)Nc2ccc(Cl)cc2F)cc(-c2ccccc2C(N)=NO)n1. The number of rotatable bonds is 9. The van der Waals surface area contributed by atoms with Gasteiger partial charge in [-0.3, -0.25) is 0 Å². The fourth-order valence-corrected chi connectivity index (χ4v) is 4.25. The van der Waals surface area contributed by atoms with Gasteiger partial charge in [0.2, 0.25) is 0 Å². The van der Waals surface area contributed by atoms with Gasteiger partial charge in [-0.25, -0.2) is 14.2 Å². The van der Waals surface area contributed by atoms with Crippen molar-refractivity contribution >= 4 is 40.7 Å². The maximum Gasteiger partial charge on any atom is 0.323 e. The second kappa shape index (κ2) is 12.7. The molecule has 5 N–H and O–H groups in total. The maximum absolute atomic E-state index is 14.3. The van der Waals surface area contributed by atoms with Gasteiger partial charge in [0.05, 0.1) is 11.4 Å². The van der Waals surface area contributed by atoms with Crippen LogP contribution in [-0.2, 0) is 6.54 Å². The van der Waals surface area contributed by atoms with Crippen LogP contribution in [0, 0.1) is 5.82 Å². The summed E-state index contributed by atoms with van der Waals surface area (Å²) in [6.07, 6.45) is 0.860. The molecule has 1 aromatic heterocycles. The van der Waals surface area contributed by atoms with E-state index in [2.05, 4.69) is 27.6 Å². The van der Waals surface area contributed by atoms with E-state index in [0.717, 1.165) is 18.1 Å². The third-order valence-corrected chi connectivity index (χ3v) is 6.10. The van der Waals surface area contributed by atoms with Gasteiger partial charge in [-0.15, -0.1) is 0 Å². The summed E-state index contributed by atoms with van der Waals surface area (Å²) < 4.78 is 14.3. The van der Waals surface area contributed by atoms with Gasteiger partial charge < -0.3 is 26.5 Å². The number of carbonyl (C=O) groups is 1. The number of anilines is 3. The number of halogens is 2. The van der Waals surface area contributed by atoms with E-state index in [0.29, 0.717) is 41.4 Å². The third-order valence-electron chi connectivity index (χ3n) is 5.87. The van der Waals surface area contributed by atoms with Gasteiger partial charge in [-0.1, -0.05) is 78.3 Å². The molecule has 200 valence electrons. The van der Waals surface area contributed by atoms with E-state index in [1.165, 1.54) is 12.1 Å². The van der Waals surface area contributed by atoms with Crippen LogP contribution in [0.1, 0.15) is 24.5 Å². The highest BCUT2D eigenvalue weighted by Gasteiger charge is 2.17. The molecule has 4 aromatic rings. The number of nitrogens with one attached hydrogen (secondary N) is 2. The number of urea groups is 1. The zero-order chi connectivity index (χ0) is 27.8. The van der Waals surface area contributed by atoms with Crippen LogP contribution in [-0.4, -0.2) is 28.6 Å². The quantitative estimate of drug-likeness (QED) is 0.0807. The second-order valence-electron chi connectivity index (χ2n) is 8.74. The molecular formula is C29H28ClFN6O2. The topological polar surface area (TPSA) is 116 Å². The Morgan fingerprint density at radius 2 is 1.79 bits per heavy atom. The number of hydrogen-bond acceptors (Lipinski definition) is 5. The summed E-state index contributed by atoms with van der Waals surface area (Å²) >= 11 is 5.82. The average Bonchev–Trinajstić information content (AvgIpc) is 2.94. The van der Waals surface area contributed by atoms with Gasteiger partial charge in [0.25, 0.3) is 0 Å². The molecule has 8 nitrogen and oxygen atoms in total. The third kappa shape index (κ3) is 7.03. The van der Waals surface area contributed by atoms with Crippen molar-refractivity contribution < 1.29 is 14.4 Å². The molecular weight excluding hydrogens is 519 g/mol. The number of pyridine rings is 1. The number of nitrogens with zero attached hydrogens (tertiary/aromatic N) is 3. The minimum atomic E-state index is -0.654. The van der Waals surface area contributed by atoms with Crippen LogP contribution in [0.5, 0.6) is 0 Å². The van der Waals surface area contributed by atoms with E-state index in [4.69, 9.17) is 22.3 Å². The smallest absolute Gasteiger partial charge is 0.323 e. The summed E-state index contributed by atoms with van der Waals surface area (Å²) in [5.74, 6) is -0.114. The Hall–Kier alpha value is -4.63. The number of benzene rings is 3. The van der Waals surface area contributed by atoms with E-state index in [-0.39, 0.29) is 16.5 Å². The fraction of sp³-hybridized carbons (Fsp3) is 0.138. The van der Waals surface area contributed by atoms with E-state index in [1.54, 1.807) is 30.3 Å². The molecule has 0 spiro atoms. The summed E-state index contributed by atoms with van der Waals surface area (Å²) in [5, 5.41) is 18.0. The molecule has 0 bridgehead atoms.